The quantitative estimate of drug-likeness (QED) is 0.581. The fourth-order valence-electron chi connectivity index (χ4n) is 1.43. The van der Waals surface area contributed by atoms with E-state index in [2.05, 4.69) is 13.8 Å². The molecule has 0 fully saturated rings. The van der Waals surface area contributed by atoms with Crippen molar-refractivity contribution in [3.05, 3.63) is 0 Å². The first-order valence-electron chi connectivity index (χ1n) is 5.54. The lowest BCUT2D eigenvalue weighted by Gasteiger charge is -2.22. The predicted molar refractivity (Wildman–Crippen MR) is 63.4 cm³/mol. The van der Waals surface area contributed by atoms with Crippen LogP contribution in [0.15, 0.2) is 0 Å². The Morgan fingerprint density at radius 3 is 2.40 bits per heavy atom. The van der Waals surface area contributed by atoms with Crippen molar-refractivity contribution in [3.63, 3.8) is 0 Å². The summed E-state index contributed by atoms with van der Waals surface area (Å²) in [5, 5.41) is 0. The van der Waals surface area contributed by atoms with Crippen molar-refractivity contribution in [2.75, 3.05) is 26.7 Å². The topological polar surface area (TPSA) is 72.3 Å². The van der Waals surface area contributed by atoms with Gasteiger partial charge in [0.1, 0.15) is 0 Å². The van der Waals surface area contributed by atoms with Crippen LogP contribution in [-0.4, -0.2) is 37.5 Å². The number of unbranched alkanes of at least 4 members (excludes halogenated alkanes) is 1. The zero-order valence-corrected chi connectivity index (χ0v) is 10.3. The minimum Gasteiger partial charge on any atom is -0.369 e. The normalized spacial score (nSPS) is 12.1. The number of amides is 1. The van der Waals surface area contributed by atoms with Crippen LogP contribution in [0.1, 0.15) is 33.1 Å². The van der Waals surface area contributed by atoms with Crippen molar-refractivity contribution in [3.8, 4) is 0 Å². The minimum atomic E-state index is -0.264. The number of likely N-dealkylation sites (N-methyl/N-ethyl adjacent to an activating group) is 1. The third-order valence-corrected chi connectivity index (χ3v) is 2.62. The number of carbonyl (C=O) groups is 1. The highest BCUT2D eigenvalue weighted by Crippen LogP contribution is 2.21. The molecule has 0 aliphatic rings. The molecule has 0 radical (unpaired) electrons. The van der Waals surface area contributed by atoms with Gasteiger partial charge >= 0.3 is 0 Å². The number of hydrogen-bond donors (Lipinski definition) is 2. The molecule has 0 rings (SSSR count). The van der Waals surface area contributed by atoms with Crippen molar-refractivity contribution >= 4 is 5.91 Å². The predicted octanol–water partition coefficient (Wildman–Crippen LogP) is 0.559. The maximum absolute atomic E-state index is 10.6. The van der Waals surface area contributed by atoms with E-state index in [1.165, 1.54) is 0 Å². The summed E-state index contributed by atoms with van der Waals surface area (Å²) < 4.78 is 0. The SMILES string of the molecule is CN(CCCCC(C)(C)CN)CC(N)=O. The molecule has 1 amide bonds. The number of nitrogens with two attached hydrogens (primary N) is 2. The number of primary amides is 1. The van der Waals surface area contributed by atoms with Gasteiger partial charge in [0.15, 0.2) is 0 Å². The molecule has 0 aromatic heterocycles. The Hall–Kier alpha value is -0.610. The molecule has 0 saturated heterocycles. The van der Waals surface area contributed by atoms with E-state index in [-0.39, 0.29) is 11.3 Å². The first-order chi connectivity index (χ1) is 6.87. The van der Waals surface area contributed by atoms with Crippen LogP contribution >= 0.6 is 0 Å². The summed E-state index contributed by atoms with van der Waals surface area (Å²) in [5.41, 5.74) is 11.0. The van der Waals surface area contributed by atoms with Crippen LogP contribution in [-0.2, 0) is 4.79 Å². The summed E-state index contributed by atoms with van der Waals surface area (Å²) in [7, 11) is 1.92. The Morgan fingerprint density at radius 2 is 1.93 bits per heavy atom. The Kier molecular flexibility index (Phi) is 6.52. The molecule has 0 aromatic rings. The van der Waals surface area contributed by atoms with Crippen LogP contribution in [0.25, 0.3) is 0 Å². The summed E-state index contributed by atoms with van der Waals surface area (Å²) >= 11 is 0. The molecule has 0 unspecified atom stereocenters. The maximum atomic E-state index is 10.6. The summed E-state index contributed by atoms with van der Waals surface area (Å²) in [4.78, 5) is 12.6. The molecule has 0 heterocycles. The molecular weight excluding hydrogens is 190 g/mol. The lowest BCUT2D eigenvalue weighted by molar-refractivity contribution is -0.118. The van der Waals surface area contributed by atoms with Crippen molar-refractivity contribution in [1.82, 2.24) is 4.90 Å². The maximum Gasteiger partial charge on any atom is 0.231 e. The first kappa shape index (κ1) is 14.4. The van der Waals surface area contributed by atoms with Crippen LogP contribution in [0, 0.1) is 5.41 Å². The fraction of sp³-hybridized carbons (Fsp3) is 0.909. The van der Waals surface area contributed by atoms with Crippen LogP contribution < -0.4 is 11.5 Å². The highest BCUT2D eigenvalue weighted by atomic mass is 16.1. The van der Waals surface area contributed by atoms with Crippen molar-refractivity contribution in [1.29, 1.82) is 0 Å². The van der Waals surface area contributed by atoms with Gasteiger partial charge < -0.3 is 11.5 Å². The van der Waals surface area contributed by atoms with E-state index in [4.69, 9.17) is 11.5 Å². The molecule has 0 atom stereocenters. The molecule has 0 aliphatic carbocycles. The standard InChI is InChI=1S/C11H25N3O/c1-11(2,9-12)6-4-5-7-14(3)8-10(13)15/h4-9,12H2,1-3H3,(H2,13,15). The van der Waals surface area contributed by atoms with Crippen LogP contribution in [0.3, 0.4) is 0 Å². The Morgan fingerprint density at radius 1 is 1.33 bits per heavy atom. The second kappa shape index (κ2) is 6.80. The van der Waals surface area contributed by atoms with E-state index in [1.807, 2.05) is 11.9 Å². The lowest BCUT2D eigenvalue weighted by atomic mass is 9.87. The number of rotatable bonds is 8. The van der Waals surface area contributed by atoms with Gasteiger partial charge in [0.25, 0.3) is 0 Å². The lowest BCUT2D eigenvalue weighted by Crippen LogP contribution is -2.31. The molecule has 0 spiro atoms. The zero-order chi connectivity index (χ0) is 11.9. The number of hydrogen-bond acceptors (Lipinski definition) is 3. The third kappa shape index (κ3) is 8.39. The Balaban J connectivity index is 3.50. The first-order valence-corrected chi connectivity index (χ1v) is 5.54. The van der Waals surface area contributed by atoms with Crippen molar-refractivity contribution < 1.29 is 4.79 Å². The molecule has 4 nitrogen and oxygen atoms in total. The molecule has 90 valence electrons. The van der Waals surface area contributed by atoms with Gasteiger partial charge in [-0.3, -0.25) is 9.69 Å². The second-order valence-electron chi connectivity index (χ2n) is 5.03. The van der Waals surface area contributed by atoms with Gasteiger partial charge in [0.2, 0.25) is 5.91 Å². The smallest absolute Gasteiger partial charge is 0.231 e. The second-order valence-corrected chi connectivity index (χ2v) is 5.03. The summed E-state index contributed by atoms with van der Waals surface area (Å²) in [6.45, 7) is 6.36. The highest BCUT2D eigenvalue weighted by Gasteiger charge is 2.14. The van der Waals surface area contributed by atoms with E-state index in [0.717, 1.165) is 32.4 Å². The third-order valence-electron chi connectivity index (χ3n) is 2.62. The Labute approximate surface area is 93.0 Å². The van der Waals surface area contributed by atoms with Crippen molar-refractivity contribution in [2.24, 2.45) is 16.9 Å². The van der Waals surface area contributed by atoms with E-state index < -0.39 is 0 Å². The van der Waals surface area contributed by atoms with E-state index in [0.29, 0.717) is 6.54 Å². The van der Waals surface area contributed by atoms with Gasteiger partial charge in [-0.25, -0.2) is 0 Å². The molecule has 0 aromatic carbocycles. The summed E-state index contributed by atoms with van der Waals surface area (Å²) in [6.07, 6.45) is 3.37. The van der Waals surface area contributed by atoms with Crippen LogP contribution in [0.4, 0.5) is 0 Å². The molecule has 4 N–H and O–H groups in total. The van der Waals surface area contributed by atoms with Gasteiger partial charge in [0, 0.05) is 0 Å². The fourth-order valence-corrected chi connectivity index (χ4v) is 1.43. The van der Waals surface area contributed by atoms with Crippen molar-refractivity contribution in [2.45, 2.75) is 33.1 Å². The highest BCUT2D eigenvalue weighted by molar-refractivity contribution is 5.75. The molecule has 0 saturated carbocycles. The number of carbonyl (C=O) groups excluding carboxylic acids is 1. The molecule has 0 aliphatic heterocycles. The molecular formula is C11H25N3O. The van der Waals surface area contributed by atoms with Gasteiger partial charge in [-0.15, -0.1) is 0 Å². The molecule has 15 heavy (non-hydrogen) atoms. The minimum absolute atomic E-state index is 0.238. The molecule has 4 heteroatoms. The van der Waals surface area contributed by atoms with E-state index in [9.17, 15) is 4.79 Å². The average Bonchev–Trinajstić information content (AvgIpc) is 2.11. The van der Waals surface area contributed by atoms with Gasteiger partial charge in [-0.2, -0.15) is 0 Å². The number of nitrogens with zero attached hydrogens (tertiary/aromatic N) is 1. The monoisotopic (exact) mass is 215 g/mol. The van der Waals surface area contributed by atoms with Gasteiger partial charge in [-0.1, -0.05) is 20.3 Å². The molecule has 0 bridgehead atoms. The van der Waals surface area contributed by atoms with E-state index >= 15 is 0 Å². The zero-order valence-electron chi connectivity index (χ0n) is 10.3. The van der Waals surface area contributed by atoms with Gasteiger partial charge in [0.05, 0.1) is 6.54 Å². The van der Waals surface area contributed by atoms with E-state index in [1.54, 1.807) is 0 Å². The summed E-state index contributed by atoms with van der Waals surface area (Å²) in [6, 6.07) is 0. The largest absolute Gasteiger partial charge is 0.369 e. The van der Waals surface area contributed by atoms with Crippen LogP contribution in [0.5, 0.6) is 0 Å². The Bertz CT molecular complexity index is 192. The average molecular weight is 215 g/mol. The van der Waals surface area contributed by atoms with Gasteiger partial charge in [-0.05, 0) is 38.4 Å². The summed E-state index contributed by atoms with van der Waals surface area (Å²) in [5.74, 6) is -0.264. The van der Waals surface area contributed by atoms with Crippen LogP contribution in [0.2, 0.25) is 0 Å².